The van der Waals surface area contributed by atoms with Crippen molar-refractivity contribution >= 4 is 28.6 Å². The molecule has 0 amide bonds. The van der Waals surface area contributed by atoms with Gasteiger partial charge in [0, 0.05) is 19.2 Å². The number of fused-ring (bicyclic) bond motifs is 1. The standard InChI is InChI=1S/C18H28N4S/c1-3-4-9-23-10-5-8-22-15(11-14-6-7-14)21-16-17(22)13(2)12-20-18(16)19/h12,14H,3-11H2,1-2H3,(H2,19,20). The summed E-state index contributed by atoms with van der Waals surface area (Å²) in [5, 5.41) is 0. The third-order valence-electron chi connectivity index (χ3n) is 4.54. The van der Waals surface area contributed by atoms with Crippen LogP contribution >= 0.6 is 11.8 Å². The van der Waals surface area contributed by atoms with Crippen LogP contribution in [0.1, 0.15) is 50.4 Å². The van der Waals surface area contributed by atoms with Crippen LogP contribution in [0.4, 0.5) is 5.82 Å². The average molecular weight is 333 g/mol. The fraction of sp³-hybridized carbons (Fsp3) is 0.667. The number of nitrogens with two attached hydrogens (primary N) is 1. The smallest absolute Gasteiger partial charge is 0.151 e. The number of nitrogens with zero attached hydrogens (tertiary/aromatic N) is 3. The van der Waals surface area contributed by atoms with Crippen LogP contribution in [0, 0.1) is 12.8 Å². The van der Waals surface area contributed by atoms with Crippen LogP contribution in [-0.2, 0) is 13.0 Å². The Morgan fingerprint density at radius 3 is 2.83 bits per heavy atom. The Morgan fingerprint density at radius 2 is 2.09 bits per heavy atom. The third-order valence-corrected chi connectivity index (χ3v) is 5.70. The number of nitrogen functional groups attached to an aromatic ring is 1. The lowest BCUT2D eigenvalue weighted by Crippen LogP contribution is -2.07. The molecule has 5 heteroatoms. The zero-order chi connectivity index (χ0) is 16.2. The molecule has 0 aliphatic heterocycles. The molecule has 1 aliphatic carbocycles. The van der Waals surface area contributed by atoms with Crippen LogP contribution in [0.5, 0.6) is 0 Å². The maximum atomic E-state index is 6.07. The molecule has 2 aromatic rings. The zero-order valence-electron chi connectivity index (χ0n) is 14.3. The number of rotatable bonds is 9. The Kier molecular flexibility index (Phi) is 5.46. The minimum absolute atomic E-state index is 0.568. The summed E-state index contributed by atoms with van der Waals surface area (Å²) in [6.07, 6.45) is 9.48. The van der Waals surface area contributed by atoms with Crippen LogP contribution in [0.15, 0.2) is 6.20 Å². The number of hydrogen-bond acceptors (Lipinski definition) is 4. The van der Waals surface area contributed by atoms with E-state index in [1.807, 2.05) is 6.20 Å². The highest BCUT2D eigenvalue weighted by Crippen LogP contribution is 2.34. The summed E-state index contributed by atoms with van der Waals surface area (Å²) in [6, 6.07) is 0. The minimum atomic E-state index is 0.568. The van der Waals surface area contributed by atoms with Crippen LogP contribution in [0.3, 0.4) is 0 Å². The maximum Gasteiger partial charge on any atom is 0.151 e. The van der Waals surface area contributed by atoms with E-state index in [2.05, 4.69) is 35.2 Å². The lowest BCUT2D eigenvalue weighted by molar-refractivity contribution is 0.634. The van der Waals surface area contributed by atoms with E-state index in [0.29, 0.717) is 5.82 Å². The van der Waals surface area contributed by atoms with Crippen molar-refractivity contribution in [1.29, 1.82) is 0 Å². The van der Waals surface area contributed by atoms with Gasteiger partial charge in [-0.15, -0.1) is 0 Å². The first-order valence-corrected chi connectivity index (χ1v) is 10.0. The maximum absolute atomic E-state index is 6.07. The summed E-state index contributed by atoms with van der Waals surface area (Å²) in [4.78, 5) is 9.13. The van der Waals surface area contributed by atoms with E-state index in [1.54, 1.807) is 0 Å². The molecule has 0 aromatic carbocycles. The number of pyridine rings is 1. The predicted octanol–water partition coefficient (Wildman–Crippen LogP) is 4.20. The summed E-state index contributed by atoms with van der Waals surface area (Å²) in [5.74, 6) is 5.12. The third kappa shape index (κ3) is 4.00. The predicted molar refractivity (Wildman–Crippen MR) is 100.0 cm³/mol. The van der Waals surface area contributed by atoms with E-state index in [-0.39, 0.29) is 0 Å². The number of imidazole rings is 1. The Labute approximate surface area is 143 Å². The molecule has 0 saturated heterocycles. The topological polar surface area (TPSA) is 56.7 Å². The fourth-order valence-corrected chi connectivity index (χ4v) is 4.05. The molecule has 1 saturated carbocycles. The number of aryl methyl sites for hydroxylation is 2. The van der Waals surface area contributed by atoms with Crippen molar-refractivity contribution in [2.75, 3.05) is 17.2 Å². The molecular formula is C18H28N4S. The summed E-state index contributed by atoms with van der Waals surface area (Å²) < 4.78 is 2.42. The largest absolute Gasteiger partial charge is 0.382 e. The highest BCUT2D eigenvalue weighted by Gasteiger charge is 2.25. The molecule has 0 atom stereocenters. The van der Waals surface area contributed by atoms with Crippen LogP contribution in [0.25, 0.3) is 11.0 Å². The SMILES string of the molecule is CCCCSCCCn1c(CC2CC2)nc2c(N)ncc(C)c21. The highest BCUT2D eigenvalue weighted by molar-refractivity contribution is 7.99. The highest BCUT2D eigenvalue weighted by atomic mass is 32.2. The molecule has 4 nitrogen and oxygen atoms in total. The number of anilines is 1. The number of aromatic nitrogens is 3. The van der Waals surface area contributed by atoms with Gasteiger partial charge in [-0.1, -0.05) is 13.3 Å². The second-order valence-electron chi connectivity index (χ2n) is 6.67. The Balaban J connectivity index is 1.76. The molecule has 2 N–H and O–H groups in total. The van der Waals surface area contributed by atoms with Gasteiger partial charge in [0.1, 0.15) is 11.3 Å². The van der Waals surface area contributed by atoms with E-state index in [0.717, 1.165) is 24.4 Å². The summed E-state index contributed by atoms with van der Waals surface area (Å²) in [7, 11) is 0. The lowest BCUT2D eigenvalue weighted by atomic mass is 10.2. The van der Waals surface area contributed by atoms with Crippen molar-refractivity contribution in [2.45, 2.75) is 58.9 Å². The van der Waals surface area contributed by atoms with E-state index in [1.165, 1.54) is 60.5 Å². The Morgan fingerprint density at radius 1 is 1.30 bits per heavy atom. The molecule has 126 valence electrons. The quantitative estimate of drug-likeness (QED) is 0.699. The van der Waals surface area contributed by atoms with Gasteiger partial charge in [-0.25, -0.2) is 9.97 Å². The first-order chi connectivity index (χ1) is 11.2. The Hall–Kier alpha value is -1.23. The van der Waals surface area contributed by atoms with Crippen molar-refractivity contribution in [3.63, 3.8) is 0 Å². The van der Waals surface area contributed by atoms with Crippen LogP contribution in [-0.4, -0.2) is 26.0 Å². The van der Waals surface area contributed by atoms with Gasteiger partial charge in [-0.3, -0.25) is 0 Å². The van der Waals surface area contributed by atoms with Gasteiger partial charge in [-0.2, -0.15) is 11.8 Å². The number of hydrogen-bond donors (Lipinski definition) is 1. The van der Waals surface area contributed by atoms with Gasteiger partial charge in [0.15, 0.2) is 5.82 Å². The zero-order valence-corrected chi connectivity index (χ0v) is 15.2. The van der Waals surface area contributed by atoms with Crippen LogP contribution in [0.2, 0.25) is 0 Å². The minimum Gasteiger partial charge on any atom is -0.382 e. The molecule has 0 radical (unpaired) electrons. The monoisotopic (exact) mass is 332 g/mol. The van der Waals surface area contributed by atoms with Gasteiger partial charge in [0.25, 0.3) is 0 Å². The summed E-state index contributed by atoms with van der Waals surface area (Å²) in [5.41, 5.74) is 9.36. The molecule has 0 spiro atoms. The number of unbranched alkanes of at least 4 members (excludes halogenated alkanes) is 1. The van der Waals surface area contributed by atoms with Crippen molar-refractivity contribution in [2.24, 2.45) is 5.92 Å². The van der Waals surface area contributed by atoms with Crippen molar-refractivity contribution in [1.82, 2.24) is 14.5 Å². The van der Waals surface area contributed by atoms with Crippen LogP contribution < -0.4 is 5.73 Å². The summed E-state index contributed by atoms with van der Waals surface area (Å²) >= 11 is 2.07. The summed E-state index contributed by atoms with van der Waals surface area (Å²) in [6.45, 7) is 5.41. The second-order valence-corrected chi connectivity index (χ2v) is 7.90. The Bertz CT molecular complexity index is 661. The molecule has 2 heterocycles. The van der Waals surface area contributed by atoms with Gasteiger partial charge in [0.2, 0.25) is 0 Å². The van der Waals surface area contributed by atoms with E-state index in [4.69, 9.17) is 10.7 Å². The molecule has 0 unspecified atom stereocenters. The number of thioether (sulfide) groups is 1. The fourth-order valence-electron chi connectivity index (χ4n) is 3.02. The molecule has 3 rings (SSSR count). The van der Waals surface area contributed by atoms with Crippen molar-refractivity contribution in [3.8, 4) is 0 Å². The molecule has 1 fully saturated rings. The van der Waals surface area contributed by atoms with Crippen molar-refractivity contribution in [3.05, 3.63) is 17.6 Å². The molecule has 23 heavy (non-hydrogen) atoms. The molecule has 2 aromatic heterocycles. The van der Waals surface area contributed by atoms with E-state index < -0.39 is 0 Å². The van der Waals surface area contributed by atoms with E-state index >= 15 is 0 Å². The second kappa shape index (κ2) is 7.56. The average Bonchev–Trinajstić information content (AvgIpc) is 3.27. The molecule has 0 bridgehead atoms. The van der Waals surface area contributed by atoms with Gasteiger partial charge in [-0.05, 0) is 55.6 Å². The van der Waals surface area contributed by atoms with E-state index in [9.17, 15) is 0 Å². The molecule has 1 aliphatic rings. The van der Waals surface area contributed by atoms with Gasteiger partial charge < -0.3 is 10.3 Å². The lowest BCUT2D eigenvalue weighted by Gasteiger charge is -2.10. The first kappa shape index (κ1) is 16.6. The first-order valence-electron chi connectivity index (χ1n) is 8.88. The molecular weight excluding hydrogens is 304 g/mol. The van der Waals surface area contributed by atoms with Gasteiger partial charge >= 0.3 is 0 Å². The van der Waals surface area contributed by atoms with Crippen molar-refractivity contribution < 1.29 is 0 Å². The van der Waals surface area contributed by atoms with Gasteiger partial charge in [0.05, 0.1) is 5.52 Å². The normalized spacial score (nSPS) is 14.7.